The minimum atomic E-state index is 0.0564. The monoisotopic (exact) mass is 639 g/mol. The molecule has 0 saturated heterocycles. The Labute approximate surface area is 290 Å². The molecule has 2 nitrogen and oxygen atoms in total. The van der Waals surface area contributed by atoms with Crippen LogP contribution in [0.25, 0.3) is 33.1 Å². The molecule has 6 aliphatic rings. The first-order valence-corrected chi connectivity index (χ1v) is 18.8. The molecule has 12 rings (SSSR count). The summed E-state index contributed by atoms with van der Waals surface area (Å²) < 4.78 is 6.53. The Balaban J connectivity index is 1.18. The summed E-state index contributed by atoms with van der Waals surface area (Å²) >= 11 is 0. The lowest BCUT2D eigenvalue weighted by atomic mass is 9.59. The van der Waals surface area contributed by atoms with Crippen molar-refractivity contribution >= 4 is 39.0 Å². The van der Waals surface area contributed by atoms with Crippen molar-refractivity contribution in [3.05, 3.63) is 125 Å². The SMILES string of the molecule is CC1(C)CCC(C)(C)c2c(N(c3ccc4c(c3)C3(c5ccccc5-4)C4CC5CC(C4)C3C5)c3ccc4c(c3)oc3ccccc34)cccc21. The summed E-state index contributed by atoms with van der Waals surface area (Å²) in [5.74, 6) is 3.32. The predicted octanol–water partition coefficient (Wildman–Crippen LogP) is 12.7. The average Bonchev–Trinajstić information content (AvgIpc) is 3.78. The van der Waals surface area contributed by atoms with E-state index >= 15 is 0 Å². The van der Waals surface area contributed by atoms with Crippen molar-refractivity contribution < 1.29 is 4.42 Å². The molecule has 1 heterocycles. The summed E-state index contributed by atoms with van der Waals surface area (Å²) in [6.45, 7) is 9.81. The third kappa shape index (κ3) is 3.63. The topological polar surface area (TPSA) is 16.4 Å². The molecule has 4 bridgehead atoms. The first-order chi connectivity index (χ1) is 23.7. The molecule has 2 heteroatoms. The van der Waals surface area contributed by atoms with Gasteiger partial charge in [-0.05, 0) is 143 Å². The third-order valence-corrected chi connectivity index (χ3v) is 14.3. The van der Waals surface area contributed by atoms with Crippen LogP contribution in [0.15, 0.2) is 108 Å². The highest BCUT2D eigenvalue weighted by atomic mass is 16.3. The van der Waals surface area contributed by atoms with Gasteiger partial charge >= 0.3 is 0 Å². The zero-order valence-corrected chi connectivity index (χ0v) is 29.2. The van der Waals surface area contributed by atoms with Gasteiger partial charge in [0.1, 0.15) is 11.2 Å². The van der Waals surface area contributed by atoms with Gasteiger partial charge < -0.3 is 9.32 Å². The van der Waals surface area contributed by atoms with E-state index in [9.17, 15) is 0 Å². The number of benzene rings is 5. The molecule has 5 unspecified atom stereocenters. The van der Waals surface area contributed by atoms with Crippen LogP contribution in [0.4, 0.5) is 17.1 Å². The summed E-state index contributed by atoms with van der Waals surface area (Å²) in [6.07, 6.45) is 8.03. The Morgan fingerprint density at radius 3 is 2.22 bits per heavy atom. The zero-order valence-electron chi connectivity index (χ0n) is 29.2. The molecule has 0 amide bonds. The average molecular weight is 640 g/mol. The van der Waals surface area contributed by atoms with Crippen molar-refractivity contribution in [3.8, 4) is 11.1 Å². The first-order valence-electron chi connectivity index (χ1n) is 18.8. The number of anilines is 3. The molecule has 5 aromatic carbocycles. The summed E-state index contributed by atoms with van der Waals surface area (Å²) in [4.78, 5) is 2.59. The highest BCUT2D eigenvalue weighted by molar-refractivity contribution is 6.06. The van der Waals surface area contributed by atoms with Gasteiger partial charge in [-0.1, -0.05) is 88.4 Å². The van der Waals surface area contributed by atoms with Gasteiger partial charge in [0, 0.05) is 33.6 Å². The van der Waals surface area contributed by atoms with E-state index in [1.165, 1.54) is 82.9 Å². The van der Waals surface area contributed by atoms with E-state index < -0.39 is 0 Å². The first kappa shape index (κ1) is 28.5. The fourth-order valence-corrected chi connectivity index (χ4v) is 12.3. The van der Waals surface area contributed by atoms with E-state index in [1.807, 2.05) is 0 Å². The van der Waals surface area contributed by atoms with Crippen LogP contribution in [0.1, 0.15) is 88.5 Å². The van der Waals surface area contributed by atoms with Crippen molar-refractivity contribution in [1.29, 1.82) is 0 Å². The third-order valence-electron chi connectivity index (χ3n) is 14.3. The van der Waals surface area contributed by atoms with E-state index in [-0.39, 0.29) is 16.2 Å². The van der Waals surface area contributed by atoms with Gasteiger partial charge in [-0.15, -0.1) is 0 Å². The number of rotatable bonds is 3. The van der Waals surface area contributed by atoms with Crippen LogP contribution in [-0.4, -0.2) is 0 Å². The summed E-state index contributed by atoms with van der Waals surface area (Å²) in [6, 6.07) is 39.5. The van der Waals surface area contributed by atoms with E-state index in [0.29, 0.717) is 0 Å². The second-order valence-electron chi connectivity index (χ2n) is 17.6. The second kappa shape index (κ2) is 9.48. The van der Waals surface area contributed by atoms with E-state index in [4.69, 9.17) is 4.42 Å². The summed E-state index contributed by atoms with van der Waals surface area (Å²) in [5, 5.41) is 2.36. The van der Waals surface area contributed by atoms with Gasteiger partial charge in [-0.25, -0.2) is 0 Å². The van der Waals surface area contributed by atoms with Crippen LogP contribution in [0.3, 0.4) is 0 Å². The molecule has 1 aromatic heterocycles. The highest BCUT2D eigenvalue weighted by Crippen LogP contribution is 2.73. The second-order valence-corrected chi connectivity index (χ2v) is 17.6. The van der Waals surface area contributed by atoms with Gasteiger partial charge in [-0.3, -0.25) is 0 Å². The molecule has 49 heavy (non-hydrogen) atoms. The van der Waals surface area contributed by atoms with Crippen molar-refractivity contribution in [3.63, 3.8) is 0 Å². The Bertz CT molecular complexity index is 2350. The molecular weight excluding hydrogens is 595 g/mol. The fourth-order valence-electron chi connectivity index (χ4n) is 12.3. The Morgan fingerprint density at radius 2 is 1.33 bits per heavy atom. The predicted molar refractivity (Wildman–Crippen MR) is 202 cm³/mol. The number of hydrogen-bond donors (Lipinski definition) is 0. The molecule has 244 valence electrons. The van der Waals surface area contributed by atoms with Crippen LogP contribution in [0.2, 0.25) is 0 Å². The molecule has 0 radical (unpaired) electrons. The molecule has 5 atom stereocenters. The fraction of sp³-hybridized carbons (Fsp3) is 0.362. The lowest BCUT2D eigenvalue weighted by Gasteiger charge is -2.45. The molecule has 0 aliphatic heterocycles. The molecule has 6 aromatic rings. The van der Waals surface area contributed by atoms with Gasteiger partial charge in [0.05, 0.1) is 5.69 Å². The Kier molecular flexibility index (Phi) is 5.52. The van der Waals surface area contributed by atoms with Gasteiger partial charge in [-0.2, -0.15) is 0 Å². The number of para-hydroxylation sites is 1. The Hall–Kier alpha value is -4.30. The zero-order chi connectivity index (χ0) is 32.9. The lowest BCUT2D eigenvalue weighted by Crippen LogP contribution is -2.40. The van der Waals surface area contributed by atoms with Gasteiger partial charge in [0.25, 0.3) is 0 Å². The van der Waals surface area contributed by atoms with Crippen LogP contribution >= 0.6 is 0 Å². The van der Waals surface area contributed by atoms with Crippen LogP contribution in [0.5, 0.6) is 0 Å². The van der Waals surface area contributed by atoms with Crippen LogP contribution in [0, 0.1) is 23.7 Å². The number of nitrogens with zero attached hydrogens (tertiary/aromatic N) is 1. The quantitative estimate of drug-likeness (QED) is 0.192. The minimum Gasteiger partial charge on any atom is -0.456 e. The van der Waals surface area contributed by atoms with Crippen molar-refractivity contribution in [1.82, 2.24) is 0 Å². The smallest absolute Gasteiger partial charge is 0.137 e. The number of hydrogen-bond acceptors (Lipinski definition) is 2. The molecule has 0 N–H and O–H groups in total. The van der Waals surface area contributed by atoms with Crippen LogP contribution in [-0.2, 0) is 16.2 Å². The number of fused-ring (bicyclic) bond motifs is 7. The molecule has 4 saturated carbocycles. The maximum atomic E-state index is 6.53. The summed E-state index contributed by atoms with van der Waals surface area (Å²) in [5.41, 5.74) is 15.1. The van der Waals surface area contributed by atoms with Crippen LogP contribution < -0.4 is 4.90 Å². The molecular formula is C47H45NO. The maximum Gasteiger partial charge on any atom is 0.137 e. The standard InChI is InChI=1S/C47H45NO/c1-45(2)20-21-46(3,4)44-38(45)13-9-14-41(44)48(32-17-19-36-35-11-6-8-15-42(35)49-43(36)27-32)31-16-18-34-33-10-5-7-12-37(33)47(40(34)26-31)30-23-28-22-29(25-30)39(47)24-28/h5-19,26-30,39H,20-25H2,1-4H3. The normalized spacial score (nSPS) is 27.9. The van der Waals surface area contributed by atoms with E-state index in [0.717, 1.165) is 40.5 Å². The highest BCUT2D eigenvalue weighted by Gasteiger charge is 2.66. The molecule has 4 fully saturated rings. The van der Waals surface area contributed by atoms with E-state index in [2.05, 4.69) is 136 Å². The van der Waals surface area contributed by atoms with Gasteiger partial charge in [0.15, 0.2) is 0 Å². The van der Waals surface area contributed by atoms with Crippen molar-refractivity contribution in [2.75, 3.05) is 4.90 Å². The Morgan fingerprint density at radius 1 is 0.592 bits per heavy atom. The maximum absolute atomic E-state index is 6.53. The largest absolute Gasteiger partial charge is 0.456 e. The molecule has 6 aliphatic carbocycles. The van der Waals surface area contributed by atoms with Crippen molar-refractivity contribution in [2.24, 2.45) is 23.7 Å². The lowest BCUT2D eigenvalue weighted by molar-refractivity contribution is 0.191. The molecule has 1 spiro atoms. The van der Waals surface area contributed by atoms with Crippen molar-refractivity contribution in [2.45, 2.75) is 82.5 Å². The number of furan rings is 1. The van der Waals surface area contributed by atoms with E-state index in [1.54, 1.807) is 11.1 Å². The minimum absolute atomic E-state index is 0.0564. The summed E-state index contributed by atoms with van der Waals surface area (Å²) in [7, 11) is 0. The van der Waals surface area contributed by atoms with Gasteiger partial charge in [0.2, 0.25) is 0 Å².